The molecule has 0 bridgehead atoms. The fraction of sp³-hybridized carbons (Fsp3) is 0.308. The maximum absolute atomic E-state index is 11.9. The van der Waals surface area contributed by atoms with E-state index in [1.165, 1.54) is 0 Å². The van der Waals surface area contributed by atoms with Crippen molar-refractivity contribution in [3.8, 4) is 6.07 Å². The van der Waals surface area contributed by atoms with Crippen LogP contribution in [-0.4, -0.2) is 18.4 Å². The van der Waals surface area contributed by atoms with Gasteiger partial charge in [-0.05, 0) is 0 Å². The predicted octanol–water partition coefficient (Wildman–Crippen LogP) is 1.57. The van der Waals surface area contributed by atoms with Crippen LogP contribution in [0.5, 0.6) is 0 Å². The molecule has 0 radical (unpaired) electrons. The molecule has 2 atom stereocenters. The van der Waals surface area contributed by atoms with Crippen molar-refractivity contribution in [3.05, 3.63) is 35.9 Å². The Morgan fingerprint density at radius 1 is 1.41 bits per heavy atom. The van der Waals surface area contributed by atoms with Crippen molar-refractivity contribution in [2.24, 2.45) is 11.8 Å². The van der Waals surface area contributed by atoms with Crippen molar-refractivity contribution in [1.82, 2.24) is 0 Å². The summed E-state index contributed by atoms with van der Waals surface area (Å²) in [5.41, 5.74) is 0.600. The molecular formula is C13H11NO3. The lowest BCUT2D eigenvalue weighted by molar-refractivity contribution is -0.139. The summed E-state index contributed by atoms with van der Waals surface area (Å²) in [5.74, 6) is -1.70. The number of rotatable bonds is 3. The standard InChI is InChI=1S/C13H11NO3/c14-7-11-10(8-17-13(11)16)6-12(15)9-4-2-1-3-5-9/h1-5,10-11H,6,8H2/t10-,11+/m0/s1. The van der Waals surface area contributed by atoms with Gasteiger partial charge in [-0.1, -0.05) is 30.3 Å². The molecule has 4 heteroatoms. The van der Waals surface area contributed by atoms with Gasteiger partial charge in [0.2, 0.25) is 0 Å². The van der Waals surface area contributed by atoms with Gasteiger partial charge in [0.1, 0.15) is 0 Å². The van der Waals surface area contributed by atoms with E-state index < -0.39 is 11.9 Å². The second kappa shape index (κ2) is 4.79. The van der Waals surface area contributed by atoms with Crippen LogP contribution in [0.25, 0.3) is 0 Å². The summed E-state index contributed by atoms with van der Waals surface area (Å²) in [6, 6.07) is 10.7. The van der Waals surface area contributed by atoms with Crippen LogP contribution >= 0.6 is 0 Å². The SMILES string of the molecule is N#C[C@H]1C(=O)OC[C@@H]1CC(=O)c1ccccc1. The van der Waals surface area contributed by atoms with Gasteiger partial charge in [-0.15, -0.1) is 0 Å². The maximum atomic E-state index is 11.9. The molecule has 17 heavy (non-hydrogen) atoms. The van der Waals surface area contributed by atoms with Gasteiger partial charge in [0.15, 0.2) is 11.7 Å². The molecule has 1 fully saturated rings. The van der Waals surface area contributed by atoms with Gasteiger partial charge < -0.3 is 4.74 Å². The van der Waals surface area contributed by atoms with Crippen LogP contribution in [0.1, 0.15) is 16.8 Å². The van der Waals surface area contributed by atoms with Gasteiger partial charge in [-0.25, -0.2) is 0 Å². The summed E-state index contributed by atoms with van der Waals surface area (Å²) >= 11 is 0. The number of nitriles is 1. The van der Waals surface area contributed by atoms with Crippen LogP contribution in [0.15, 0.2) is 30.3 Å². The van der Waals surface area contributed by atoms with Crippen molar-refractivity contribution in [2.75, 3.05) is 6.61 Å². The summed E-state index contributed by atoms with van der Waals surface area (Å²) in [4.78, 5) is 23.1. The van der Waals surface area contributed by atoms with Crippen molar-refractivity contribution >= 4 is 11.8 Å². The van der Waals surface area contributed by atoms with Crippen LogP contribution < -0.4 is 0 Å². The van der Waals surface area contributed by atoms with E-state index in [2.05, 4.69) is 0 Å². The van der Waals surface area contributed by atoms with E-state index in [4.69, 9.17) is 10.00 Å². The number of hydrogen-bond donors (Lipinski definition) is 0. The normalized spacial score (nSPS) is 22.9. The smallest absolute Gasteiger partial charge is 0.323 e. The summed E-state index contributed by atoms with van der Waals surface area (Å²) in [7, 11) is 0. The predicted molar refractivity (Wildman–Crippen MR) is 58.9 cm³/mol. The summed E-state index contributed by atoms with van der Waals surface area (Å²) < 4.78 is 4.79. The third-order valence-corrected chi connectivity index (χ3v) is 2.85. The minimum atomic E-state index is -0.803. The van der Waals surface area contributed by atoms with E-state index in [-0.39, 0.29) is 24.7 Å². The Balaban J connectivity index is 2.05. The Hall–Kier alpha value is -2.15. The molecule has 86 valence electrons. The number of esters is 1. The minimum Gasteiger partial charge on any atom is -0.464 e. The number of nitrogens with zero attached hydrogens (tertiary/aromatic N) is 1. The zero-order chi connectivity index (χ0) is 12.3. The van der Waals surface area contributed by atoms with Crippen LogP contribution in [0.2, 0.25) is 0 Å². The zero-order valence-corrected chi connectivity index (χ0v) is 9.13. The van der Waals surface area contributed by atoms with Crippen LogP contribution in [-0.2, 0) is 9.53 Å². The topological polar surface area (TPSA) is 67.2 Å². The lowest BCUT2D eigenvalue weighted by Gasteiger charge is -2.07. The molecule has 1 aromatic carbocycles. The van der Waals surface area contributed by atoms with Gasteiger partial charge in [0, 0.05) is 17.9 Å². The number of Topliss-reactive ketones (excluding diaryl/α,β-unsaturated/α-hetero) is 1. The number of hydrogen-bond acceptors (Lipinski definition) is 4. The van der Waals surface area contributed by atoms with E-state index in [1.807, 2.05) is 12.1 Å². The molecule has 2 rings (SSSR count). The third kappa shape index (κ3) is 2.34. The Morgan fingerprint density at radius 2 is 2.12 bits per heavy atom. The molecular weight excluding hydrogens is 218 g/mol. The van der Waals surface area contributed by atoms with E-state index >= 15 is 0 Å². The number of cyclic esters (lactones) is 1. The summed E-state index contributed by atoms with van der Waals surface area (Å²) in [6.45, 7) is 0.162. The highest BCUT2D eigenvalue weighted by molar-refractivity contribution is 5.96. The van der Waals surface area contributed by atoms with E-state index in [0.717, 1.165) is 0 Å². The van der Waals surface area contributed by atoms with Gasteiger partial charge in [-0.3, -0.25) is 9.59 Å². The average molecular weight is 229 g/mol. The first-order valence-electron chi connectivity index (χ1n) is 5.37. The molecule has 1 heterocycles. The number of benzene rings is 1. The number of carbonyl (C=O) groups excluding carboxylic acids is 2. The van der Waals surface area contributed by atoms with Gasteiger partial charge >= 0.3 is 5.97 Å². The zero-order valence-electron chi connectivity index (χ0n) is 9.13. The summed E-state index contributed by atoms with van der Waals surface area (Å²) in [6.07, 6.45) is 0.175. The Bertz CT molecular complexity index is 475. The maximum Gasteiger partial charge on any atom is 0.323 e. The second-order valence-electron chi connectivity index (χ2n) is 3.99. The van der Waals surface area contributed by atoms with E-state index in [1.54, 1.807) is 24.3 Å². The summed E-state index contributed by atoms with van der Waals surface area (Å²) in [5, 5.41) is 8.83. The monoisotopic (exact) mass is 229 g/mol. The van der Waals surface area contributed by atoms with E-state index in [9.17, 15) is 9.59 Å². The Kier molecular flexibility index (Phi) is 3.20. The highest BCUT2D eigenvalue weighted by atomic mass is 16.5. The molecule has 0 unspecified atom stereocenters. The number of ether oxygens (including phenoxy) is 1. The molecule has 0 aromatic heterocycles. The van der Waals surface area contributed by atoms with Crippen LogP contribution in [0.4, 0.5) is 0 Å². The van der Waals surface area contributed by atoms with Crippen LogP contribution in [0, 0.1) is 23.2 Å². The van der Waals surface area contributed by atoms with Gasteiger partial charge in [0.25, 0.3) is 0 Å². The van der Waals surface area contributed by atoms with Crippen molar-refractivity contribution in [2.45, 2.75) is 6.42 Å². The molecule has 0 amide bonds. The molecule has 1 aromatic rings. The minimum absolute atomic E-state index is 0.0610. The van der Waals surface area contributed by atoms with Crippen molar-refractivity contribution in [3.63, 3.8) is 0 Å². The van der Waals surface area contributed by atoms with Crippen molar-refractivity contribution in [1.29, 1.82) is 5.26 Å². The van der Waals surface area contributed by atoms with Crippen molar-refractivity contribution < 1.29 is 14.3 Å². The first-order valence-corrected chi connectivity index (χ1v) is 5.37. The van der Waals surface area contributed by atoms with Gasteiger partial charge in [0.05, 0.1) is 12.7 Å². The molecule has 1 aliphatic heterocycles. The number of carbonyl (C=O) groups is 2. The quantitative estimate of drug-likeness (QED) is 0.582. The lowest BCUT2D eigenvalue weighted by atomic mass is 9.90. The highest BCUT2D eigenvalue weighted by Crippen LogP contribution is 2.25. The molecule has 1 saturated heterocycles. The average Bonchev–Trinajstić information content (AvgIpc) is 2.71. The molecule has 0 saturated carbocycles. The fourth-order valence-corrected chi connectivity index (χ4v) is 1.88. The first-order chi connectivity index (χ1) is 8.22. The van der Waals surface area contributed by atoms with E-state index in [0.29, 0.717) is 5.56 Å². The number of ketones is 1. The molecule has 4 nitrogen and oxygen atoms in total. The largest absolute Gasteiger partial charge is 0.464 e. The highest BCUT2D eigenvalue weighted by Gasteiger charge is 2.38. The molecule has 0 spiro atoms. The fourth-order valence-electron chi connectivity index (χ4n) is 1.88. The Labute approximate surface area is 98.8 Å². The molecule has 1 aliphatic rings. The first kappa shape index (κ1) is 11.3. The Morgan fingerprint density at radius 3 is 2.76 bits per heavy atom. The molecule has 0 N–H and O–H groups in total. The lowest BCUT2D eigenvalue weighted by Crippen LogP contribution is -2.17. The van der Waals surface area contributed by atoms with Gasteiger partial charge in [-0.2, -0.15) is 5.26 Å². The second-order valence-corrected chi connectivity index (χ2v) is 3.99. The molecule has 0 aliphatic carbocycles. The van der Waals surface area contributed by atoms with Crippen LogP contribution in [0.3, 0.4) is 0 Å². The third-order valence-electron chi connectivity index (χ3n) is 2.85.